The molecule has 31 heavy (non-hydrogen) atoms. The van der Waals surface area contributed by atoms with Crippen LogP contribution in [0.5, 0.6) is 0 Å². The average Bonchev–Trinajstić information content (AvgIpc) is 3.10. The highest BCUT2D eigenvalue weighted by Crippen LogP contribution is 2.37. The molecule has 14 heteroatoms. The summed E-state index contributed by atoms with van der Waals surface area (Å²) in [4.78, 5) is 12.2. The maximum absolute atomic E-state index is 13.8. The highest BCUT2D eigenvalue weighted by molar-refractivity contribution is 7.90. The summed E-state index contributed by atoms with van der Waals surface area (Å²) < 4.78 is 68.2. The van der Waals surface area contributed by atoms with Crippen LogP contribution in [-0.4, -0.2) is 29.3 Å². The van der Waals surface area contributed by atoms with E-state index in [9.17, 15) is 26.4 Å². The summed E-state index contributed by atoms with van der Waals surface area (Å²) >= 11 is 17.6. The quantitative estimate of drug-likeness (QED) is 0.512. The van der Waals surface area contributed by atoms with Crippen molar-refractivity contribution < 1.29 is 26.4 Å². The van der Waals surface area contributed by atoms with Crippen LogP contribution >= 0.6 is 34.8 Å². The second kappa shape index (κ2) is 8.30. The van der Waals surface area contributed by atoms with E-state index in [1.807, 2.05) is 0 Å². The van der Waals surface area contributed by atoms with Crippen LogP contribution in [-0.2, 0) is 16.2 Å². The van der Waals surface area contributed by atoms with Crippen molar-refractivity contribution in [2.24, 2.45) is 0 Å². The first-order chi connectivity index (χ1) is 14.3. The van der Waals surface area contributed by atoms with Crippen LogP contribution in [0, 0.1) is 6.92 Å². The van der Waals surface area contributed by atoms with Crippen molar-refractivity contribution in [2.45, 2.75) is 18.0 Å². The van der Waals surface area contributed by atoms with E-state index in [1.54, 1.807) is 10.8 Å². The van der Waals surface area contributed by atoms with E-state index < -0.39 is 33.5 Å². The number of carbonyl (C=O) groups excluding carboxylic acids is 1. The minimum atomic E-state index is -5.15. The van der Waals surface area contributed by atoms with Crippen LogP contribution in [0.3, 0.4) is 0 Å². The number of halogens is 6. The molecule has 1 N–H and O–H groups in total. The Hall–Kier alpha value is -2.34. The maximum atomic E-state index is 13.8. The first-order valence-corrected chi connectivity index (χ1v) is 10.7. The van der Waals surface area contributed by atoms with Gasteiger partial charge in [-0.2, -0.15) is 13.2 Å². The SMILES string of the molecule is Cc1ccccc1S(=O)(=O)NC(=O)c1nnn(-c2cc(Cl)c(Cl)cc2Cl)c1C(F)(F)F. The number of hydrogen-bond acceptors (Lipinski definition) is 5. The fourth-order valence-corrected chi connectivity index (χ4v) is 4.44. The first-order valence-electron chi connectivity index (χ1n) is 8.13. The molecule has 1 heterocycles. The van der Waals surface area contributed by atoms with Gasteiger partial charge in [0.1, 0.15) is 0 Å². The number of alkyl halides is 3. The topological polar surface area (TPSA) is 93.9 Å². The van der Waals surface area contributed by atoms with E-state index in [-0.39, 0.29) is 35.9 Å². The monoisotopic (exact) mass is 512 g/mol. The Morgan fingerprint density at radius 1 is 1.06 bits per heavy atom. The summed E-state index contributed by atoms with van der Waals surface area (Å²) in [6.07, 6.45) is -5.15. The predicted molar refractivity (Wildman–Crippen MR) is 107 cm³/mol. The molecule has 0 aliphatic carbocycles. The molecule has 0 radical (unpaired) electrons. The third kappa shape index (κ3) is 4.64. The minimum Gasteiger partial charge on any atom is -0.266 e. The van der Waals surface area contributed by atoms with E-state index in [1.165, 1.54) is 25.1 Å². The number of sulfonamides is 1. The molecule has 0 aliphatic heterocycles. The van der Waals surface area contributed by atoms with Crippen LogP contribution in [0.2, 0.25) is 15.1 Å². The van der Waals surface area contributed by atoms with Gasteiger partial charge in [-0.25, -0.2) is 17.8 Å². The summed E-state index contributed by atoms with van der Waals surface area (Å²) in [6.45, 7) is 1.46. The van der Waals surface area contributed by atoms with Gasteiger partial charge in [0.2, 0.25) is 0 Å². The van der Waals surface area contributed by atoms with E-state index >= 15 is 0 Å². The second-order valence-corrected chi connectivity index (χ2v) is 8.99. The van der Waals surface area contributed by atoms with E-state index in [0.717, 1.165) is 12.1 Å². The summed E-state index contributed by atoms with van der Waals surface area (Å²) in [5.74, 6) is -1.63. The van der Waals surface area contributed by atoms with Gasteiger partial charge < -0.3 is 0 Å². The summed E-state index contributed by atoms with van der Waals surface area (Å²) in [7, 11) is -4.49. The molecular weight excluding hydrogens is 504 g/mol. The van der Waals surface area contributed by atoms with Gasteiger partial charge in [0.15, 0.2) is 11.4 Å². The van der Waals surface area contributed by atoms with Crippen LogP contribution in [0.15, 0.2) is 41.3 Å². The third-order valence-electron chi connectivity index (χ3n) is 3.98. The molecule has 3 rings (SSSR count). The molecule has 0 saturated heterocycles. The second-order valence-electron chi connectivity index (χ2n) is 6.11. The molecule has 0 aliphatic rings. The van der Waals surface area contributed by atoms with Crippen molar-refractivity contribution in [1.29, 1.82) is 0 Å². The Kier molecular flexibility index (Phi) is 6.25. The maximum Gasteiger partial charge on any atom is 0.435 e. The molecule has 0 spiro atoms. The Morgan fingerprint density at radius 3 is 2.29 bits per heavy atom. The molecular formula is C17H10Cl3F3N4O3S. The number of hydrogen-bond donors (Lipinski definition) is 1. The van der Waals surface area contributed by atoms with Gasteiger partial charge >= 0.3 is 6.18 Å². The Morgan fingerprint density at radius 2 is 1.68 bits per heavy atom. The highest BCUT2D eigenvalue weighted by Gasteiger charge is 2.43. The van der Waals surface area contributed by atoms with Gasteiger partial charge in [0, 0.05) is 0 Å². The van der Waals surface area contributed by atoms with E-state index in [0.29, 0.717) is 0 Å². The lowest BCUT2D eigenvalue weighted by atomic mass is 10.2. The number of nitrogens with one attached hydrogen (secondary N) is 1. The highest BCUT2D eigenvalue weighted by atomic mass is 35.5. The van der Waals surface area contributed by atoms with Crippen molar-refractivity contribution in [3.05, 3.63) is 68.4 Å². The number of nitrogens with zero attached hydrogens (tertiary/aromatic N) is 3. The molecule has 7 nitrogen and oxygen atoms in total. The standard InChI is InChI=1S/C17H10Cl3F3N4O3S/c1-8-4-2-3-5-13(8)31(29,30)25-16(28)14-15(17(21,22)23)27(26-24-14)12-7-10(19)9(18)6-11(12)20/h2-7H,1H3,(H,25,28). The van der Waals surface area contributed by atoms with Crippen LogP contribution in [0.25, 0.3) is 5.69 Å². The van der Waals surface area contributed by atoms with Crippen molar-refractivity contribution in [3.63, 3.8) is 0 Å². The fourth-order valence-electron chi connectivity index (χ4n) is 2.62. The molecule has 0 unspecified atom stereocenters. The lowest BCUT2D eigenvalue weighted by molar-refractivity contribution is -0.143. The average molecular weight is 514 g/mol. The van der Waals surface area contributed by atoms with Gasteiger partial charge in [-0.3, -0.25) is 4.79 Å². The molecule has 0 atom stereocenters. The van der Waals surface area contributed by atoms with Gasteiger partial charge in [-0.15, -0.1) is 5.10 Å². The Balaban J connectivity index is 2.10. The number of aromatic nitrogens is 3. The zero-order valence-corrected chi connectivity index (χ0v) is 18.3. The van der Waals surface area contributed by atoms with Gasteiger partial charge in [0.25, 0.3) is 15.9 Å². The normalized spacial score (nSPS) is 12.1. The zero-order valence-electron chi connectivity index (χ0n) is 15.2. The van der Waals surface area contributed by atoms with Crippen LogP contribution < -0.4 is 4.72 Å². The van der Waals surface area contributed by atoms with Gasteiger partial charge in [0.05, 0.1) is 25.7 Å². The van der Waals surface area contributed by atoms with Crippen molar-refractivity contribution in [3.8, 4) is 5.69 Å². The van der Waals surface area contributed by atoms with Crippen molar-refractivity contribution in [2.75, 3.05) is 0 Å². The third-order valence-corrected chi connectivity index (χ3v) is 6.50. The lowest BCUT2D eigenvalue weighted by Gasteiger charge is -2.13. The first kappa shape index (κ1) is 23.3. The van der Waals surface area contributed by atoms with E-state index in [2.05, 4.69) is 10.3 Å². The number of rotatable bonds is 4. The van der Waals surface area contributed by atoms with Crippen LogP contribution in [0.1, 0.15) is 21.7 Å². The molecule has 0 saturated carbocycles. The number of benzene rings is 2. The number of amides is 1. The molecule has 0 bridgehead atoms. The Labute approximate surface area is 188 Å². The van der Waals surface area contributed by atoms with Crippen molar-refractivity contribution >= 4 is 50.7 Å². The molecule has 3 aromatic rings. The minimum absolute atomic E-state index is 0.0219. The van der Waals surface area contributed by atoms with E-state index in [4.69, 9.17) is 34.8 Å². The smallest absolute Gasteiger partial charge is 0.266 e. The number of carbonyl (C=O) groups is 1. The summed E-state index contributed by atoms with van der Waals surface area (Å²) in [5, 5.41) is 6.16. The van der Waals surface area contributed by atoms with Crippen molar-refractivity contribution in [1.82, 2.24) is 19.7 Å². The molecule has 0 fully saturated rings. The summed E-state index contributed by atoms with van der Waals surface area (Å²) in [5.41, 5.74) is -3.00. The zero-order chi connectivity index (χ0) is 23.1. The predicted octanol–water partition coefficient (Wildman–Crippen LogP) is 4.67. The molecule has 2 aromatic carbocycles. The van der Waals surface area contributed by atoms with Gasteiger partial charge in [-0.1, -0.05) is 58.2 Å². The lowest BCUT2D eigenvalue weighted by Crippen LogP contribution is -2.33. The Bertz CT molecular complexity index is 1290. The molecule has 1 amide bonds. The molecule has 1 aromatic heterocycles. The largest absolute Gasteiger partial charge is 0.435 e. The molecule has 164 valence electrons. The van der Waals surface area contributed by atoms with Crippen LogP contribution in [0.4, 0.5) is 13.2 Å². The number of aryl methyl sites for hydroxylation is 1. The van der Waals surface area contributed by atoms with Gasteiger partial charge in [-0.05, 0) is 30.7 Å². The summed E-state index contributed by atoms with van der Waals surface area (Å²) in [6, 6.07) is 7.71. The fraction of sp³-hybridized carbons (Fsp3) is 0.118.